The normalized spacial score (nSPS) is 14.9. The van der Waals surface area contributed by atoms with E-state index in [0.717, 1.165) is 24.6 Å². The van der Waals surface area contributed by atoms with Crippen molar-refractivity contribution >= 4 is 6.08 Å². The number of benzene rings is 1. The molecule has 0 aliphatic carbocycles. The van der Waals surface area contributed by atoms with Gasteiger partial charge in [0.2, 0.25) is 0 Å². The van der Waals surface area contributed by atoms with Crippen molar-refractivity contribution in [2.75, 3.05) is 26.3 Å². The summed E-state index contributed by atoms with van der Waals surface area (Å²) in [5.74, 6) is 2.90. The number of nitrogens with one attached hydrogen (secondary N) is 1. The van der Waals surface area contributed by atoms with Crippen molar-refractivity contribution in [2.45, 2.75) is 27.7 Å². The van der Waals surface area contributed by atoms with Gasteiger partial charge in [-0.15, -0.1) is 0 Å². The number of rotatable bonds is 6. The van der Waals surface area contributed by atoms with Crippen molar-refractivity contribution in [2.24, 2.45) is 11.8 Å². The van der Waals surface area contributed by atoms with Crippen molar-refractivity contribution in [3.8, 4) is 11.5 Å². The molecule has 0 amide bonds. The maximum Gasteiger partial charge on any atom is 0.161 e. The Morgan fingerprint density at radius 2 is 1.86 bits per heavy atom. The maximum absolute atomic E-state index is 5.65. The van der Waals surface area contributed by atoms with E-state index in [9.17, 15) is 0 Å². The lowest BCUT2D eigenvalue weighted by atomic mass is 9.99. The van der Waals surface area contributed by atoms with E-state index < -0.39 is 0 Å². The van der Waals surface area contributed by atoms with Crippen LogP contribution >= 0.6 is 0 Å². The smallest absolute Gasteiger partial charge is 0.161 e. The third kappa shape index (κ3) is 4.78. The van der Waals surface area contributed by atoms with Crippen LogP contribution in [-0.4, -0.2) is 26.3 Å². The van der Waals surface area contributed by atoms with E-state index in [-0.39, 0.29) is 0 Å². The van der Waals surface area contributed by atoms with Crippen LogP contribution < -0.4 is 14.8 Å². The second kappa shape index (κ2) is 7.51. The van der Waals surface area contributed by atoms with Crippen molar-refractivity contribution in [1.82, 2.24) is 5.32 Å². The summed E-state index contributed by atoms with van der Waals surface area (Å²) in [7, 11) is 0. The van der Waals surface area contributed by atoms with Gasteiger partial charge in [0.1, 0.15) is 13.2 Å². The largest absolute Gasteiger partial charge is 0.486 e. The third-order valence-corrected chi connectivity index (χ3v) is 3.54. The van der Waals surface area contributed by atoms with Crippen LogP contribution in [0.5, 0.6) is 11.5 Å². The van der Waals surface area contributed by atoms with Gasteiger partial charge in [-0.25, -0.2) is 0 Å². The lowest BCUT2D eigenvalue weighted by Crippen LogP contribution is -2.23. The molecule has 0 spiro atoms. The minimum absolute atomic E-state index is 0.526. The van der Waals surface area contributed by atoms with Crippen LogP contribution in [0.4, 0.5) is 0 Å². The molecule has 0 saturated heterocycles. The molecule has 0 saturated carbocycles. The molecule has 2 rings (SSSR count). The summed E-state index contributed by atoms with van der Waals surface area (Å²) in [5, 5.41) is 3.52. The Morgan fingerprint density at radius 1 is 1.14 bits per heavy atom. The highest BCUT2D eigenvalue weighted by molar-refractivity contribution is 5.59. The van der Waals surface area contributed by atoms with E-state index in [1.807, 2.05) is 6.07 Å². The van der Waals surface area contributed by atoms with E-state index in [1.54, 1.807) is 0 Å². The molecule has 1 aliphatic rings. The van der Waals surface area contributed by atoms with E-state index in [0.29, 0.717) is 25.0 Å². The van der Waals surface area contributed by atoms with Crippen molar-refractivity contribution in [3.05, 3.63) is 29.3 Å². The molecule has 0 radical (unpaired) electrons. The first kappa shape index (κ1) is 15.9. The molecule has 3 nitrogen and oxygen atoms in total. The van der Waals surface area contributed by atoms with Gasteiger partial charge in [0.25, 0.3) is 0 Å². The zero-order chi connectivity index (χ0) is 15.2. The van der Waals surface area contributed by atoms with Gasteiger partial charge < -0.3 is 14.8 Å². The van der Waals surface area contributed by atoms with Crippen LogP contribution in [0.3, 0.4) is 0 Å². The Bertz CT molecular complexity index is 492. The van der Waals surface area contributed by atoms with Gasteiger partial charge in [-0.1, -0.05) is 45.4 Å². The molecule has 0 fully saturated rings. The first-order valence-electron chi connectivity index (χ1n) is 7.87. The molecule has 1 aromatic carbocycles. The topological polar surface area (TPSA) is 30.5 Å². The predicted molar refractivity (Wildman–Crippen MR) is 88.0 cm³/mol. The Kier molecular flexibility index (Phi) is 5.68. The minimum atomic E-state index is 0.526. The van der Waals surface area contributed by atoms with Gasteiger partial charge in [-0.2, -0.15) is 0 Å². The molecule has 0 unspecified atom stereocenters. The Balaban J connectivity index is 2.10. The van der Waals surface area contributed by atoms with Gasteiger partial charge in [-0.05, 0) is 36.1 Å². The molecule has 0 aromatic heterocycles. The molecular weight excluding hydrogens is 262 g/mol. The lowest BCUT2D eigenvalue weighted by Gasteiger charge is -2.19. The summed E-state index contributed by atoms with van der Waals surface area (Å²) in [4.78, 5) is 0. The van der Waals surface area contributed by atoms with Gasteiger partial charge in [-0.3, -0.25) is 0 Å². The van der Waals surface area contributed by atoms with Crippen LogP contribution in [0.15, 0.2) is 23.8 Å². The van der Waals surface area contributed by atoms with Crippen LogP contribution in [0.25, 0.3) is 6.08 Å². The Morgan fingerprint density at radius 3 is 2.52 bits per heavy atom. The number of fused-ring (bicyclic) bond motifs is 1. The van der Waals surface area contributed by atoms with Crippen LogP contribution in [0.1, 0.15) is 33.3 Å². The van der Waals surface area contributed by atoms with Gasteiger partial charge in [0.05, 0.1) is 0 Å². The fourth-order valence-corrected chi connectivity index (χ4v) is 2.29. The zero-order valence-electron chi connectivity index (χ0n) is 13.6. The summed E-state index contributed by atoms with van der Waals surface area (Å²) in [5.41, 5.74) is 2.58. The Labute approximate surface area is 128 Å². The van der Waals surface area contributed by atoms with Crippen LogP contribution in [0.2, 0.25) is 0 Å². The van der Waals surface area contributed by atoms with Crippen LogP contribution in [0, 0.1) is 11.8 Å². The molecule has 0 atom stereocenters. The highest BCUT2D eigenvalue weighted by Crippen LogP contribution is 2.31. The molecule has 3 heteroatoms. The van der Waals surface area contributed by atoms with E-state index in [4.69, 9.17) is 9.47 Å². The summed E-state index contributed by atoms with van der Waals surface area (Å²) >= 11 is 0. The molecule has 1 aromatic rings. The highest BCUT2D eigenvalue weighted by atomic mass is 16.6. The maximum atomic E-state index is 5.65. The highest BCUT2D eigenvalue weighted by Gasteiger charge is 2.11. The van der Waals surface area contributed by atoms with Crippen LogP contribution in [-0.2, 0) is 0 Å². The zero-order valence-corrected chi connectivity index (χ0v) is 13.6. The summed E-state index contributed by atoms with van der Waals surface area (Å²) in [6, 6.07) is 6.16. The fraction of sp³-hybridized carbons (Fsp3) is 0.556. The minimum Gasteiger partial charge on any atom is -0.486 e. The Hall–Kier alpha value is -1.48. The summed E-state index contributed by atoms with van der Waals surface area (Å²) in [6.07, 6.45) is 2.26. The second-order valence-corrected chi connectivity index (χ2v) is 6.30. The summed E-state index contributed by atoms with van der Waals surface area (Å²) < 4.78 is 11.2. The average Bonchev–Trinajstić information content (AvgIpc) is 2.45. The third-order valence-electron chi connectivity index (χ3n) is 3.54. The SMILES string of the molecule is CC(C)CNCC(=Cc1ccc2c(c1)OCCO2)C(C)C. The van der Waals surface area contributed by atoms with E-state index >= 15 is 0 Å². The van der Waals surface area contributed by atoms with Crippen molar-refractivity contribution in [1.29, 1.82) is 0 Å². The van der Waals surface area contributed by atoms with Crippen molar-refractivity contribution < 1.29 is 9.47 Å². The van der Waals surface area contributed by atoms with E-state index in [2.05, 4.69) is 51.2 Å². The van der Waals surface area contributed by atoms with E-state index in [1.165, 1.54) is 11.1 Å². The number of hydrogen-bond donors (Lipinski definition) is 1. The first-order valence-corrected chi connectivity index (χ1v) is 7.87. The average molecular weight is 289 g/mol. The van der Waals surface area contributed by atoms with Gasteiger partial charge >= 0.3 is 0 Å². The monoisotopic (exact) mass is 289 g/mol. The van der Waals surface area contributed by atoms with Crippen molar-refractivity contribution in [3.63, 3.8) is 0 Å². The molecular formula is C18H27NO2. The molecule has 1 N–H and O–H groups in total. The first-order chi connectivity index (χ1) is 10.1. The van der Waals surface area contributed by atoms with Gasteiger partial charge in [0, 0.05) is 6.54 Å². The fourth-order valence-electron chi connectivity index (χ4n) is 2.29. The number of hydrogen-bond acceptors (Lipinski definition) is 3. The molecule has 116 valence electrons. The second-order valence-electron chi connectivity index (χ2n) is 6.30. The quantitative estimate of drug-likeness (QED) is 0.865. The molecule has 1 heterocycles. The summed E-state index contributed by atoms with van der Waals surface area (Å²) in [6.45, 7) is 12.2. The molecule has 21 heavy (non-hydrogen) atoms. The lowest BCUT2D eigenvalue weighted by molar-refractivity contribution is 0.171. The number of ether oxygens (including phenoxy) is 2. The standard InChI is InChI=1S/C18H27NO2/c1-13(2)11-19-12-16(14(3)4)9-15-5-6-17-18(10-15)21-8-7-20-17/h5-6,9-10,13-14,19H,7-8,11-12H2,1-4H3. The predicted octanol–water partition coefficient (Wildman–Crippen LogP) is 3.74. The van der Waals surface area contributed by atoms with Gasteiger partial charge in [0.15, 0.2) is 11.5 Å². The molecule has 1 aliphatic heterocycles. The molecule has 0 bridgehead atoms.